The van der Waals surface area contributed by atoms with Gasteiger partial charge in [0.15, 0.2) is 17.5 Å². The molecule has 0 atom stereocenters. The van der Waals surface area contributed by atoms with Crippen LogP contribution in [0.15, 0.2) is 42.5 Å². The predicted molar refractivity (Wildman–Crippen MR) is 69.9 cm³/mol. The van der Waals surface area contributed by atoms with Crippen molar-refractivity contribution in [2.24, 2.45) is 0 Å². The van der Waals surface area contributed by atoms with Crippen molar-refractivity contribution < 1.29 is 18.0 Å². The zero-order valence-electron chi connectivity index (χ0n) is 10.3. The third-order valence-corrected chi connectivity index (χ3v) is 2.49. The lowest BCUT2D eigenvalue weighted by atomic mass is 10.3. The standard InChI is InChI=1S/C14H11F3N2O/c15-11-6-10(7-12(16)14(11)17)19-13(20)8-18-9-4-2-1-3-5-9/h1-7,18H,8H2,(H,19,20). The van der Waals surface area contributed by atoms with Crippen LogP contribution in [0.2, 0.25) is 0 Å². The maximum Gasteiger partial charge on any atom is 0.243 e. The molecule has 2 aromatic carbocycles. The minimum atomic E-state index is -1.56. The number of halogens is 3. The summed E-state index contributed by atoms with van der Waals surface area (Å²) in [6.07, 6.45) is 0. The van der Waals surface area contributed by atoms with Crippen molar-refractivity contribution in [2.75, 3.05) is 17.2 Å². The molecule has 0 aliphatic heterocycles. The smallest absolute Gasteiger partial charge is 0.243 e. The lowest BCUT2D eigenvalue weighted by Gasteiger charge is -2.08. The highest BCUT2D eigenvalue weighted by Crippen LogP contribution is 2.17. The lowest BCUT2D eigenvalue weighted by Crippen LogP contribution is -2.22. The SMILES string of the molecule is O=C(CNc1ccccc1)Nc1cc(F)c(F)c(F)c1. The molecule has 20 heavy (non-hydrogen) atoms. The highest BCUT2D eigenvalue weighted by Gasteiger charge is 2.11. The summed E-state index contributed by atoms with van der Waals surface area (Å²) in [7, 11) is 0. The fourth-order valence-electron chi connectivity index (χ4n) is 1.57. The number of amides is 1. The Balaban J connectivity index is 1.95. The molecule has 0 bridgehead atoms. The van der Waals surface area contributed by atoms with Gasteiger partial charge in [0.1, 0.15) is 0 Å². The summed E-state index contributed by atoms with van der Waals surface area (Å²) >= 11 is 0. The molecule has 0 heterocycles. The summed E-state index contributed by atoms with van der Waals surface area (Å²) in [4.78, 5) is 11.6. The van der Waals surface area contributed by atoms with Crippen molar-refractivity contribution in [2.45, 2.75) is 0 Å². The Morgan fingerprint density at radius 2 is 1.55 bits per heavy atom. The first-order valence-corrected chi connectivity index (χ1v) is 5.79. The number of carbonyl (C=O) groups is 1. The molecule has 3 nitrogen and oxygen atoms in total. The van der Waals surface area contributed by atoms with Crippen molar-refractivity contribution in [1.82, 2.24) is 0 Å². The molecule has 0 saturated heterocycles. The van der Waals surface area contributed by atoms with Gasteiger partial charge in [0.05, 0.1) is 6.54 Å². The predicted octanol–water partition coefficient (Wildman–Crippen LogP) is 3.15. The molecule has 0 aliphatic carbocycles. The maximum absolute atomic E-state index is 13.0. The first-order valence-electron chi connectivity index (χ1n) is 5.79. The van der Waals surface area contributed by atoms with Gasteiger partial charge < -0.3 is 10.6 Å². The van der Waals surface area contributed by atoms with Gasteiger partial charge in [-0.3, -0.25) is 4.79 Å². The average molecular weight is 280 g/mol. The van der Waals surface area contributed by atoms with Crippen LogP contribution in [0.3, 0.4) is 0 Å². The van der Waals surface area contributed by atoms with Gasteiger partial charge in [0, 0.05) is 23.5 Å². The van der Waals surface area contributed by atoms with Gasteiger partial charge in [0.2, 0.25) is 5.91 Å². The second-order valence-electron chi connectivity index (χ2n) is 4.02. The highest BCUT2D eigenvalue weighted by molar-refractivity contribution is 5.93. The number of carbonyl (C=O) groups excluding carboxylic acids is 1. The first kappa shape index (κ1) is 13.9. The van der Waals surface area contributed by atoms with Crippen molar-refractivity contribution in [3.63, 3.8) is 0 Å². The van der Waals surface area contributed by atoms with Crippen molar-refractivity contribution in [3.8, 4) is 0 Å². The van der Waals surface area contributed by atoms with Gasteiger partial charge in [-0.2, -0.15) is 0 Å². The minimum Gasteiger partial charge on any atom is -0.376 e. The number of benzene rings is 2. The Labute approximate surface area is 113 Å². The zero-order valence-corrected chi connectivity index (χ0v) is 10.3. The molecule has 0 aliphatic rings. The van der Waals surface area contributed by atoms with Crippen LogP contribution >= 0.6 is 0 Å². The summed E-state index contributed by atoms with van der Waals surface area (Å²) in [6, 6.07) is 10.4. The van der Waals surface area contributed by atoms with Crippen molar-refractivity contribution in [1.29, 1.82) is 0 Å². The normalized spacial score (nSPS) is 10.2. The summed E-state index contributed by atoms with van der Waals surface area (Å²) < 4.78 is 38.7. The monoisotopic (exact) mass is 280 g/mol. The van der Waals surface area contributed by atoms with Crippen molar-refractivity contribution >= 4 is 17.3 Å². The van der Waals surface area contributed by atoms with Crippen LogP contribution in [0.25, 0.3) is 0 Å². The maximum atomic E-state index is 13.0. The lowest BCUT2D eigenvalue weighted by molar-refractivity contribution is -0.114. The molecule has 0 unspecified atom stereocenters. The first-order chi connectivity index (χ1) is 9.56. The van der Waals surface area contributed by atoms with Crippen LogP contribution in [0.5, 0.6) is 0 Å². The van der Waals surface area contributed by atoms with Gasteiger partial charge in [-0.1, -0.05) is 18.2 Å². The van der Waals surface area contributed by atoms with E-state index < -0.39 is 23.4 Å². The van der Waals surface area contributed by atoms with E-state index in [2.05, 4.69) is 10.6 Å². The van der Waals surface area contributed by atoms with E-state index in [1.165, 1.54) is 0 Å². The molecule has 104 valence electrons. The largest absolute Gasteiger partial charge is 0.376 e. The molecular weight excluding hydrogens is 269 g/mol. The number of hydrogen-bond donors (Lipinski definition) is 2. The summed E-state index contributed by atoms with van der Waals surface area (Å²) in [5.41, 5.74) is 0.598. The Hall–Kier alpha value is -2.50. The fraction of sp³-hybridized carbons (Fsp3) is 0.0714. The molecule has 0 radical (unpaired) electrons. The third kappa shape index (κ3) is 3.50. The van der Waals surface area contributed by atoms with E-state index in [-0.39, 0.29) is 12.2 Å². The van der Waals surface area contributed by atoms with E-state index in [0.29, 0.717) is 0 Å². The minimum absolute atomic E-state index is 0.0787. The molecule has 2 rings (SSSR count). The zero-order chi connectivity index (χ0) is 14.5. The molecule has 0 spiro atoms. The van der Waals surface area contributed by atoms with E-state index >= 15 is 0 Å². The van der Waals surface area contributed by atoms with Gasteiger partial charge >= 0.3 is 0 Å². The number of hydrogen-bond acceptors (Lipinski definition) is 2. The Morgan fingerprint density at radius 1 is 0.950 bits per heavy atom. The quantitative estimate of drug-likeness (QED) is 0.845. The third-order valence-electron chi connectivity index (χ3n) is 2.49. The molecule has 0 aromatic heterocycles. The van der Waals surface area contributed by atoms with E-state index in [1.54, 1.807) is 24.3 Å². The van der Waals surface area contributed by atoms with Gasteiger partial charge in [-0.05, 0) is 12.1 Å². The van der Waals surface area contributed by atoms with Gasteiger partial charge in [-0.25, -0.2) is 13.2 Å². The van der Waals surface area contributed by atoms with E-state index in [1.807, 2.05) is 6.07 Å². The molecule has 6 heteroatoms. The van der Waals surface area contributed by atoms with E-state index in [4.69, 9.17) is 0 Å². The molecule has 2 N–H and O–H groups in total. The molecule has 1 amide bonds. The van der Waals surface area contributed by atoms with Crippen molar-refractivity contribution in [3.05, 3.63) is 59.9 Å². The van der Waals surface area contributed by atoms with Crippen LogP contribution in [-0.2, 0) is 4.79 Å². The summed E-state index contributed by atoms with van der Waals surface area (Å²) in [5.74, 6) is -4.77. The Morgan fingerprint density at radius 3 is 2.15 bits per heavy atom. The van der Waals surface area contributed by atoms with Gasteiger partial charge in [0.25, 0.3) is 0 Å². The second kappa shape index (κ2) is 6.10. The fourth-order valence-corrected chi connectivity index (χ4v) is 1.57. The van der Waals surface area contributed by atoms with Crippen LogP contribution in [-0.4, -0.2) is 12.5 Å². The Kier molecular flexibility index (Phi) is 4.24. The number of rotatable bonds is 4. The van der Waals surface area contributed by atoms with Gasteiger partial charge in [-0.15, -0.1) is 0 Å². The molecule has 2 aromatic rings. The van der Waals surface area contributed by atoms with Crippen LogP contribution in [0.4, 0.5) is 24.5 Å². The molecule has 0 fully saturated rings. The summed E-state index contributed by atoms with van der Waals surface area (Å²) in [5, 5.41) is 5.10. The van der Waals surface area contributed by atoms with Crippen LogP contribution in [0.1, 0.15) is 0 Å². The highest BCUT2D eigenvalue weighted by atomic mass is 19.2. The van der Waals surface area contributed by atoms with E-state index in [0.717, 1.165) is 17.8 Å². The van der Waals surface area contributed by atoms with Crippen LogP contribution < -0.4 is 10.6 Å². The number of nitrogens with one attached hydrogen (secondary N) is 2. The number of para-hydroxylation sites is 1. The molecule has 0 saturated carbocycles. The number of anilines is 2. The molecular formula is C14H11F3N2O. The van der Waals surface area contributed by atoms with E-state index in [9.17, 15) is 18.0 Å². The topological polar surface area (TPSA) is 41.1 Å². The van der Waals surface area contributed by atoms with Crippen LogP contribution in [0, 0.1) is 17.5 Å². The second-order valence-corrected chi connectivity index (χ2v) is 4.02. The average Bonchev–Trinajstić information content (AvgIpc) is 2.43. The Bertz CT molecular complexity index is 594. The summed E-state index contributed by atoms with van der Waals surface area (Å²) in [6.45, 7) is -0.0787.